The molecule has 2 atom stereocenters. The van der Waals surface area contributed by atoms with Gasteiger partial charge >= 0.3 is 0 Å². The minimum absolute atomic E-state index is 0.00287. The number of hydrogen-bond acceptors (Lipinski definition) is 5. The van der Waals surface area contributed by atoms with Crippen LogP contribution < -0.4 is 9.47 Å². The van der Waals surface area contributed by atoms with E-state index in [1.54, 1.807) is 7.11 Å². The van der Waals surface area contributed by atoms with Gasteiger partial charge in [0, 0.05) is 18.4 Å². The second-order valence-corrected chi connectivity index (χ2v) is 7.25. The van der Waals surface area contributed by atoms with E-state index in [2.05, 4.69) is 41.6 Å². The Balaban J connectivity index is 1.65. The van der Waals surface area contributed by atoms with E-state index in [4.69, 9.17) is 14.6 Å². The van der Waals surface area contributed by atoms with Crippen LogP contribution in [0.1, 0.15) is 30.0 Å². The van der Waals surface area contributed by atoms with Gasteiger partial charge in [-0.15, -0.1) is 0 Å². The van der Waals surface area contributed by atoms with Crippen LogP contribution in [-0.2, 0) is 0 Å². The number of benzene rings is 2. The zero-order chi connectivity index (χ0) is 17.2. The molecule has 4 rings (SSSR count). The van der Waals surface area contributed by atoms with Crippen molar-refractivity contribution in [1.29, 1.82) is 0 Å². The third-order valence-corrected chi connectivity index (χ3v) is 5.41. The Morgan fingerprint density at radius 3 is 2.76 bits per heavy atom. The molecule has 0 saturated carbocycles. The first kappa shape index (κ1) is 16.3. The number of para-hydroxylation sites is 1. The Bertz CT molecular complexity index is 776. The molecule has 0 unspecified atom stereocenters. The maximum Gasteiger partial charge on any atom is 0.188 e. The van der Waals surface area contributed by atoms with E-state index in [-0.39, 0.29) is 12.3 Å². The average molecular weight is 354 g/mol. The van der Waals surface area contributed by atoms with E-state index in [0.29, 0.717) is 0 Å². The highest BCUT2D eigenvalue weighted by molar-refractivity contribution is 7.98. The van der Waals surface area contributed by atoms with Crippen molar-refractivity contribution >= 4 is 17.5 Å². The Hall–Kier alpha value is -2.14. The van der Waals surface area contributed by atoms with Crippen LogP contribution in [0.3, 0.4) is 0 Å². The highest BCUT2D eigenvalue weighted by atomic mass is 32.2. The standard InChI is InChI=1S/C20H22N2O2S/c1-23-15-9-7-14(8-10-15)17-13-18-16-5-3-4-6-19(16)24-20(11-12-25-2)22(18)21-17/h3-10,18,20H,11-13H2,1-2H3/t18-,20+/m0/s1. The monoisotopic (exact) mass is 354 g/mol. The second-order valence-electron chi connectivity index (χ2n) is 6.27. The number of ether oxygens (including phenoxy) is 2. The van der Waals surface area contributed by atoms with Gasteiger partial charge in [-0.05, 0) is 47.9 Å². The number of methoxy groups -OCH3 is 1. The quantitative estimate of drug-likeness (QED) is 0.801. The van der Waals surface area contributed by atoms with Crippen LogP contribution in [0.5, 0.6) is 11.5 Å². The molecule has 2 aliphatic rings. The van der Waals surface area contributed by atoms with Crippen molar-refractivity contribution in [3.05, 3.63) is 59.7 Å². The normalized spacial score (nSPS) is 21.2. The molecule has 5 heteroatoms. The number of fused-ring (bicyclic) bond motifs is 3. The zero-order valence-corrected chi connectivity index (χ0v) is 15.3. The van der Waals surface area contributed by atoms with E-state index in [9.17, 15) is 0 Å². The predicted octanol–water partition coefficient (Wildman–Crippen LogP) is 4.32. The SMILES string of the molecule is COc1ccc(C2=NN3[C@@H](CCSC)Oc4ccccc4[C@@H]3C2)cc1. The molecule has 2 heterocycles. The van der Waals surface area contributed by atoms with Gasteiger partial charge < -0.3 is 9.47 Å². The van der Waals surface area contributed by atoms with Crippen molar-refractivity contribution in [2.24, 2.45) is 5.10 Å². The lowest BCUT2D eigenvalue weighted by Crippen LogP contribution is -2.40. The first-order valence-electron chi connectivity index (χ1n) is 8.55. The van der Waals surface area contributed by atoms with Gasteiger partial charge in [-0.2, -0.15) is 16.9 Å². The van der Waals surface area contributed by atoms with Gasteiger partial charge in [0.25, 0.3) is 0 Å². The first-order valence-corrected chi connectivity index (χ1v) is 9.94. The molecule has 25 heavy (non-hydrogen) atoms. The second kappa shape index (κ2) is 7.00. The molecule has 130 valence electrons. The summed E-state index contributed by atoms with van der Waals surface area (Å²) in [5, 5.41) is 7.11. The summed E-state index contributed by atoms with van der Waals surface area (Å²) >= 11 is 1.84. The summed E-state index contributed by atoms with van der Waals surface area (Å²) in [4.78, 5) is 0. The van der Waals surface area contributed by atoms with Crippen molar-refractivity contribution in [2.75, 3.05) is 19.1 Å². The fourth-order valence-electron chi connectivity index (χ4n) is 3.48. The summed E-state index contributed by atoms with van der Waals surface area (Å²) in [5.41, 5.74) is 3.49. The maximum atomic E-state index is 6.25. The smallest absolute Gasteiger partial charge is 0.188 e. The van der Waals surface area contributed by atoms with E-state index < -0.39 is 0 Å². The van der Waals surface area contributed by atoms with E-state index in [1.165, 1.54) is 5.56 Å². The highest BCUT2D eigenvalue weighted by Crippen LogP contribution is 2.43. The van der Waals surface area contributed by atoms with Gasteiger partial charge in [0.15, 0.2) is 6.23 Å². The largest absolute Gasteiger partial charge is 0.497 e. The predicted molar refractivity (Wildman–Crippen MR) is 103 cm³/mol. The summed E-state index contributed by atoms with van der Waals surface area (Å²) < 4.78 is 11.5. The molecule has 0 aliphatic carbocycles. The molecule has 4 nitrogen and oxygen atoms in total. The summed E-state index contributed by atoms with van der Waals surface area (Å²) in [6.45, 7) is 0. The van der Waals surface area contributed by atoms with Crippen LogP contribution in [0.15, 0.2) is 53.6 Å². The molecule has 0 aromatic heterocycles. The molecule has 2 aliphatic heterocycles. The van der Waals surface area contributed by atoms with Crippen molar-refractivity contribution in [1.82, 2.24) is 5.01 Å². The topological polar surface area (TPSA) is 34.1 Å². The van der Waals surface area contributed by atoms with E-state index >= 15 is 0 Å². The number of nitrogens with zero attached hydrogens (tertiary/aromatic N) is 2. The molecule has 2 aromatic carbocycles. The van der Waals surface area contributed by atoms with Gasteiger partial charge in [0.1, 0.15) is 11.5 Å². The minimum Gasteiger partial charge on any atom is -0.497 e. The number of thioether (sulfide) groups is 1. The van der Waals surface area contributed by atoms with Crippen molar-refractivity contribution in [3.8, 4) is 11.5 Å². The molecular weight excluding hydrogens is 332 g/mol. The first-order chi connectivity index (χ1) is 12.3. The molecular formula is C20H22N2O2S. The fourth-order valence-corrected chi connectivity index (χ4v) is 3.91. The third-order valence-electron chi connectivity index (χ3n) is 4.77. The number of rotatable bonds is 5. The molecule has 0 bridgehead atoms. The fraction of sp³-hybridized carbons (Fsp3) is 0.350. The van der Waals surface area contributed by atoms with Crippen LogP contribution in [-0.4, -0.2) is 36.1 Å². The molecule has 0 N–H and O–H groups in total. The maximum absolute atomic E-state index is 6.25. The summed E-state index contributed by atoms with van der Waals surface area (Å²) in [6, 6.07) is 16.8. The average Bonchev–Trinajstić information content (AvgIpc) is 3.12. The van der Waals surface area contributed by atoms with Crippen LogP contribution in [0.25, 0.3) is 0 Å². The van der Waals surface area contributed by atoms with Gasteiger partial charge in [0.2, 0.25) is 0 Å². The van der Waals surface area contributed by atoms with Crippen LogP contribution in [0, 0.1) is 0 Å². The van der Waals surface area contributed by atoms with Crippen LogP contribution in [0.2, 0.25) is 0 Å². The van der Waals surface area contributed by atoms with Crippen molar-refractivity contribution in [3.63, 3.8) is 0 Å². The summed E-state index contributed by atoms with van der Waals surface area (Å²) in [7, 11) is 1.69. The van der Waals surface area contributed by atoms with Gasteiger partial charge in [-0.25, -0.2) is 0 Å². The summed E-state index contributed by atoms with van der Waals surface area (Å²) in [5.74, 6) is 2.93. The lowest BCUT2D eigenvalue weighted by atomic mass is 9.96. The van der Waals surface area contributed by atoms with E-state index in [0.717, 1.165) is 41.4 Å². The molecule has 0 fully saturated rings. The van der Waals surface area contributed by atoms with Crippen LogP contribution >= 0.6 is 11.8 Å². The molecule has 0 saturated heterocycles. The lowest BCUT2D eigenvalue weighted by molar-refractivity contribution is -0.0180. The van der Waals surface area contributed by atoms with Gasteiger partial charge in [-0.1, -0.05) is 18.2 Å². The number of hydrazone groups is 1. The summed E-state index contributed by atoms with van der Waals surface area (Å²) in [6.07, 6.45) is 4.00. The van der Waals surface area contributed by atoms with Crippen molar-refractivity contribution < 1.29 is 9.47 Å². The third kappa shape index (κ3) is 3.09. The van der Waals surface area contributed by atoms with Crippen LogP contribution in [0.4, 0.5) is 0 Å². The molecule has 2 aromatic rings. The Morgan fingerprint density at radius 2 is 2.00 bits per heavy atom. The van der Waals surface area contributed by atoms with Gasteiger partial charge in [-0.3, -0.25) is 5.01 Å². The lowest BCUT2D eigenvalue weighted by Gasteiger charge is -2.38. The Kier molecular flexibility index (Phi) is 4.57. The number of hydrogen-bond donors (Lipinski definition) is 0. The highest BCUT2D eigenvalue weighted by Gasteiger charge is 2.39. The molecule has 0 radical (unpaired) electrons. The zero-order valence-electron chi connectivity index (χ0n) is 14.5. The minimum atomic E-state index is 0.00287. The Labute approximate surface area is 152 Å². The Morgan fingerprint density at radius 1 is 1.20 bits per heavy atom. The van der Waals surface area contributed by atoms with Gasteiger partial charge in [0.05, 0.1) is 18.9 Å². The van der Waals surface area contributed by atoms with E-state index in [1.807, 2.05) is 30.0 Å². The molecule has 0 spiro atoms. The molecule has 0 amide bonds. The van der Waals surface area contributed by atoms with Crippen molar-refractivity contribution in [2.45, 2.75) is 25.1 Å².